The quantitative estimate of drug-likeness (QED) is 0.623. The van der Waals surface area contributed by atoms with E-state index < -0.39 is 0 Å². The number of hydrogen-bond acceptors (Lipinski definition) is 4. The molecule has 0 bridgehead atoms. The van der Waals surface area contributed by atoms with Crippen LogP contribution in [-0.2, 0) is 10.3 Å². The number of benzene rings is 1. The molecule has 1 aliphatic carbocycles. The number of carbonyl (C=O) groups excluding carboxylic acids is 1. The molecule has 0 N–H and O–H groups in total. The Balaban J connectivity index is 1.92. The highest BCUT2D eigenvalue weighted by atomic mass is 16.1. The van der Waals surface area contributed by atoms with Crippen molar-refractivity contribution in [2.75, 3.05) is 0 Å². The highest BCUT2D eigenvalue weighted by molar-refractivity contribution is 5.42. The number of hydrogen-bond donors (Lipinski definition) is 0. The Morgan fingerprint density at radius 2 is 2.05 bits per heavy atom. The van der Waals surface area contributed by atoms with Gasteiger partial charge >= 0.3 is 0 Å². The van der Waals surface area contributed by atoms with Crippen molar-refractivity contribution < 1.29 is 4.79 Å². The standard InChI is InChI=1S/C14H14N4O/c1-11-9-16-18(17-11)13-5-3-12(4-6-13)14(15-10-19)7-2-8-14/h3-6,9H,2,7-8H2,1H3. The summed E-state index contributed by atoms with van der Waals surface area (Å²) in [4.78, 5) is 16.1. The van der Waals surface area contributed by atoms with Crippen LogP contribution in [0.3, 0.4) is 0 Å². The third-order valence-corrected chi connectivity index (χ3v) is 3.68. The highest BCUT2D eigenvalue weighted by Gasteiger charge is 2.38. The predicted octanol–water partition coefficient (Wildman–Crippen LogP) is 2.29. The van der Waals surface area contributed by atoms with E-state index in [2.05, 4.69) is 15.2 Å². The Morgan fingerprint density at radius 3 is 2.53 bits per heavy atom. The highest BCUT2D eigenvalue weighted by Crippen LogP contribution is 2.44. The molecule has 1 saturated carbocycles. The molecule has 1 heterocycles. The number of aliphatic imine (C=N–C) groups is 1. The maximum absolute atomic E-state index is 10.6. The van der Waals surface area contributed by atoms with E-state index in [1.165, 1.54) is 0 Å². The molecule has 1 aliphatic rings. The van der Waals surface area contributed by atoms with E-state index in [1.807, 2.05) is 31.2 Å². The van der Waals surface area contributed by atoms with Crippen LogP contribution >= 0.6 is 0 Å². The fraction of sp³-hybridized carbons (Fsp3) is 0.357. The molecule has 3 rings (SSSR count). The second-order valence-corrected chi connectivity index (χ2v) is 4.91. The average molecular weight is 254 g/mol. The summed E-state index contributed by atoms with van der Waals surface area (Å²) in [6.07, 6.45) is 6.36. The van der Waals surface area contributed by atoms with E-state index in [0.29, 0.717) is 0 Å². The van der Waals surface area contributed by atoms with Crippen molar-refractivity contribution in [3.8, 4) is 5.69 Å². The maximum Gasteiger partial charge on any atom is 0.235 e. The van der Waals surface area contributed by atoms with E-state index in [-0.39, 0.29) is 5.54 Å². The smallest absolute Gasteiger partial charge is 0.211 e. The largest absolute Gasteiger partial charge is 0.235 e. The van der Waals surface area contributed by atoms with Crippen LogP contribution in [0, 0.1) is 6.92 Å². The van der Waals surface area contributed by atoms with Gasteiger partial charge < -0.3 is 0 Å². The molecule has 0 atom stereocenters. The lowest BCUT2D eigenvalue weighted by molar-refractivity contribution is 0.256. The number of aryl methyl sites for hydroxylation is 1. The molecule has 0 saturated heterocycles. The maximum atomic E-state index is 10.6. The molecular formula is C14H14N4O. The summed E-state index contributed by atoms with van der Waals surface area (Å²) in [6.45, 7) is 1.90. The molecule has 0 amide bonds. The van der Waals surface area contributed by atoms with Crippen LogP contribution in [0.4, 0.5) is 0 Å². The Bertz CT molecular complexity index is 634. The van der Waals surface area contributed by atoms with E-state index >= 15 is 0 Å². The third kappa shape index (κ3) is 1.98. The van der Waals surface area contributed by atoms with Gasteiger partial charge in [-0.25, -0.2) is 4.79 Å². The molecular weight excluding hydrogens is 240 g/mol. The summed E-state index contributed by atoms with van der Waals surface area (Å²) in [7, 11) is 0. The van der Waals surface area contributed by atoms with Crippen LogP contribution in [0.25, 0.3) is 5.69 Å². The summed E-state index contributed by atoms with van der Waals surface area (Å²) in [6, 6.07) is 7.90. The second kappa shape index (κ2) is 4.44. The molecule has 0 spiro atoms. The normalized spacial score (nSPS) is 16.5. The number of isocyanates is 1. The van der Waals surface area contributed by atoms with Crippen molar-refractivity contribution in [2.45, 2.75) is 31.7 Å². The average Bonchev–Trinajstić information content (AvgIpc) is 2.81. The number of nitrogens with zero attached hydrogens (tertiary/aromatic N) is 4. The SMILES string of the molecule is Cc1cnn(-c2ccc(C3(N=C=O)CCC3)cc2)n1. The van der Waals surface area contributed by atoms with Crippen LogP contribution in [0.2, 0.25) is 0 Å². The summed E-state index contributed by atoms with van der Waals surface area (Å²) >= 11 is 0. The lowest BCUT2D eigenvalue weighted by atomic mass is 9.72. The molecule has 1 fully saturated rings. The van der Waals surface area contributed by atoms with Gasteiger partial charge in [0.25, 0.3) is 0 Å². The Morgan fingerprint density at radius 1 is 1.32 bits per heavy atom. The molecule has 2 aromatic rings. The predicted molar refractivity (Wildman–Crippen MR) is 69.7 cm³/mol. The molecule has 0 aliphatic heterocycles. The van der Waals surface area contributed by atoms with Gasteiger partial charge in [-0.15, -0.1) is 0 Å². The van der Waals surface area contributed by atoms with Gasteiger partial charge in [0.1, 0.15) is 0 Å². The molecule has 5 heteroatoms. The van der Waals surface area contributed by atoms with Crippen LogP contribution in [0.1, 0.15) is 30.5 Å². The second-order valence-electron chi connectivity index (χ2n) is 4.91. The third-order valence-electron chi connectivity index (χ3n) is 3.68. The number of rotatable bonds is 3. The van der Waals surface area contributed by atoms with Crippen molar-refractivity contribution in [1.29, 1.82) is 0 Å². The van der Waals surface area contributed by atoms with Gasteiger partial charge in [-0.3, -0.25) is 0 Å². The van der Waals surface area contributed by atoms with Gasteiger partial charge in [0.05, 0.1) is 23.1 Å². The van der Waals surface area contributed by atoms with Crippen LogP contribution in [0.5, 0.6) is 0 Å². The fourth-order valence-electron chi connectivity index (χ4n) is 2.43. The molecule has 19 heavy (non-hydrogen) atoms. The van der Waals surface area contributed by atoms with Crippen LogP contribution < -0.4 is 0 Å². The molecule has 0 radical (unpaired) electrons. The minimum atomic E-state index is -0.340. The molecule has 0 unspecified atom stereocenters. The van der Waals surface area contributed by atoms with Crippen molar-refractivity contribution in [2.24, 2.45) is 4.99 Å². The molecule has 5 nitrogen and oxygen atoms in total. The van der Waals surface area contributed by atoms with Crippen LogP contribution in [-0.4, -0.2) is 21.1 Å². The van der Waals surface area contributed by atoms with E-state index in [1.54, 1.807) is 17.1 Å². The van der Waals surface area contributed by atoms with E-state index in [4.69, 9.17) is 0 Å². The Kier molecular flexibility index (Phi) is 2.76. The van der Waals surface area contributed by atoms with Gasteiger partial charge in [0.15, 0.2) is 0 Å². The monoisotopic (exact) mass is 254 g/mol. The lowest BCUT2D eigenvalue weighted by Crippen LogP contribution is -2.31. The summed E-state index contributed by atoms with van der Waals surface area (Å²) in [5.74, 6) is 0. The minimum absolute atomic E-state index is 0.340. The summed E-state index contributed by atoms with van der Waals surface area (Å²) < 4.78 is 0. The van der Waals surface area contributed by atoms with Gasteiger partial charge in [-0.2, -0.15) is 20.0 Å². The zero-order valence-corrected chi connectivity index (χ0v) is 10.7. The lowest BCUT2D eigenvalue weighted by Gasteiger charge is -2.37. The summed E-state index contributed by atoms with van der Waals surface area (Å²) in [5, 5.41) is 8.43. The first kappa shape index (κ1) is 11.8. The molecule has 96 valence electrons. The zero-order valence-electron chi connectivity index (χ0n) is 10.7. The Labute approximate surface area is 111 Å². The molecule has 1 aromatic heterocycles. The van der Waals surface area contributed by atoms with Gasteiger partial charge in [0, 0.05) is 0 Å². The van der Waals surface area contributed by atoms with E-state index in [9.17, 15) is 4.79 Å². The van der Waals surface area contributed by atoms with Crippen molar-refractivity contribution >= 4 is 6.08 Å². The molecule has 1 aromatic carbocycles. The first-order valence-electron chi connectivity index (χ1n) is 6.32. The van der Waals surface area contributed by atoms with Crippen molar-refractivity contribution in [3.63, 3.8) is 0 Å². The van der Waals surface area contributed by atoms with Gasteiger partial charge in [0.2, 0.25) is 6.08 Å². The van der Waals surface area contributed by atoms with Crippen molar-refractivity contribution in [3.05, 3.63) is 41.7 Å². The number of aromatic nitrogens is 3. The van der Waals surface area contributed by atoms with Gasteiger partial charge in [-0.1, -0.05) is 12.1 Å². The van der Waals surface area contributed by atoms with E-state index in [0.717, 1.165) is 36.2 Å². The fourth-order valence-corrected chi connectivity index (χ4v) is 2.43. The zero-order chi connectivity index (χ0) is 13.3. The summed E-state index contributed by atoms with van der Waals surface area (Å²) in [5.41, 5.74) is 2.51. The van der Waals surface area contributed by atoms with Crippen molar-refractivity contribution in [1.82, 2.24) is 15.0 Å². The first-order chi connectivity index (χ1) is 9.23. The Hall–Kier alpha value is -2.26. The van der Waals surface area contributed by atoms with Gasteiger partial charge in [-0.05, 0) is 43.9 Å². The minimum Gasteiger partial charge on any atom is -0.211 e. The topological polar surface area (TPSA) is 60.1 Å². The first-order valence-corrected chi connectivity index (χ1v) is 6.32. The van der Waals surface area contributed by atoms with Crippen LogP contribution in [0.15, 0.2) is 35.5 Å².